The number of ether oxygens (including phenoxy) is 1. The van der Waals surface area contributed by atoms with Gasteiger partial charge in [-0.15, -0.1) is 0 Å². The number of phenolic OH excluding ortho intramolecular Hbond substituents is 3. The third kappa shape index (κ3) is 4.02. The molecule has 0 spiro atoms. The molecule has 1 aliphatic carbocycles. The summed E-state index contributed by atoms with van der Waals surface area (Å²) in [5, 5.41) is 31.4. The maximum atomic E-state index is 9.66. The maximum absolute atomic E-state index is 9.66. The first-order chi connectivity index (χ1) is 9.68. The van der Waals surface area contributed by atoms with E-state index in [4.69, 9.17) is 4.74 Å². The van der Waals surface area contributed by atoms with E-state index in [0.717, 1.165) is 12.8 Å². The van der Waals surface area contributed by atoms with Crippen molar-refractivity contribution in [2.24, 2.45) is 0 Å². The standard InChI is InChI=1S/C15H23NO4/c17-13-7-6-11(14(18)15(13)19)10-16-8-9-20-12-4-2-1-3-5-12/h6-7,12,16-19H,1-5,8-10H2. The van der Waals surface area contributed by atoms with Crippen molar-refractivity contribution in [2.75, 3.05) is 13.2 Å². The van der Waals surface area contributed by atoms with Crippen molar-refractivity contribution in [3.8, 4) is 17.2 Å². The fourth-order valence-electron chi connectivity index (χ4n) is 2.51. The van der Waals surface area contributed by atoms with E-state index in [1.807, 2.05) is 0 Å². The Balaban J connectivity index is 1.67. The molecule has 5 nitrogen and oxygen atoms in total. The molecule has 0 heterocycles. The van der Waals surface area contributed by atoms with Gasteiger partial charge in [0.05, 0.1) is 12.7 Å². The molecule has 0 saturated heterocycles. The molecule has 1 aromatic carbocycles. The molecule has 112 valence electrons. The van der Waals surface area contributed by atoms with Gasteiger partial charge in [0.1, 0.15) is 0 Å². The molecule has 5 heteroatoms. The highest BCUT2D eigenvalue weighted by atomic mass is 16.5. The van der Waals surface area contributed by atoms with Crippen molar-refractivity contribution in [2.45, 2.75) is 44.8 Å². The smallest absolute Gasteiger partial charge is 0.200 e. The normalized spacial score (nSPS) is 16.4. The highest BCUT2D eigenvalue weighted by Crippen LogP contribution is 2.36. The van der Waals surface area contributed by atoms with Gasteiger partial charge in [-0.1, -0.05) is 25.3 Å². The number of rotatable bonds is 6. The third-order valence-electron chi connectivity index (χ3n) is 3.71. The molecular formula is C15H23NO4. The summed E-state index contributed by atoms with van der Waals surface area (Å²) in [5.41, 5.74) is 0.554. The van der Waals surface area contributed by atoms with Gasteiger partial charge in [0, 0.05) is 18.7 Å². The lowest BCUT2D eigenvalue weighted by molar-refractivity contribution is 0.0302. The Kier molecular flexibility index (Phi) is 5.49. The maximum Gasteiger partial charge on any atom is 0.200 e. The Morgan fingerprint density at radius 2 is 1.80 bits per heavy atom. The summed E-state index contributed by atoms with van der Waals surface area (Å²) < 4.78 is 5.78. The van der Waals surface area contributed by atoms with E-state index in [1.54, 1.807) is 6.07 Å². The van der Waals surface area contributed by atoms with Gasteiger partial charge in [0.25, 0.3) is 0 Å². The first-order valence-corrected chi connectivity index (χ1v) is 7.23. The van der Waals surface area contributed by atoms with Crippen molar-refractivity contribution in [1.29, 1.82) is 0 Å². The highest BCUT2D eigenvalue weighted by Gasteiger charge is 2.13. The molecule has 0 atom stereocenters. The van der Waals surface area contributed by atoms with Crippen LogP contribution >= 0.6 is 0 Å². The molecular weight excluding hydrogens is 258 g/mol. The molecule has 0 unspecified atom stereocenters. The molecule has 1 fully saturated rings. The molecule has 0 radical (unpaired) electrons. The lowest BCUT2D eigenvalue weighted by atomic mass is 9.98. The van der Waals surface area contributed by atoms with Crippen LogP contribution in [0.25, 0.3) is 0 Å². The average Bonchev–Trinajstić information content (AvgIpc) is 2.48. The van der Waals surface area contributed by atoms with Gasteiger partial charge in [-0.2, -0.15) is 0 Å². The van der Waals surface area contributed by atoms with Crippen molar-refractivity contribution in [3.63, 3.8) is 0 Å². The molecule has 1 aliphatic rings. The molecule has 1 saturated carbocycles. The molecule has 20 heavy (non-hydrogen) atoms. The van der Waals surface area contributed by atoms with E-state index in [-0.39, 0.29) is 11.5 Å². The number of hydrogen-bond acceptors (Lipinski definition) is 5. The molecule has 0 amide bonds. The number of hydrogen-bond donors (Lipinski definition) is 4. The van der Waals surface area contributed by atoms with Gasteiger partial charge in [0.15, 0.2) is 11.5 Å². The molecule has 1 aromatic rings. The first-order valence-electron chi connectivity index (χ1n) is 7.23. The Bertz CT molecular complexity index is 430. The fourth-order valence-corrected chi connectivity index (χ4v) is 2.51. The van der Waals surface area contributed by atoms with Crippen LogP contribution in [0.5, 0.6) is 17.2 Å². The Hall–Kier alpha value is -1.46. The van der Waals surface area contributed by atoms with E-state index in [2.05, 4.69) is 5.32 Å². The summed E-state index contributed by atoms with van der Waals surface area (Å²) in [7, 11) is 0. The van der Waals surface area contributed by atoms with Crippen molar-refractivity contribution in [3.05, 3.63) is 17.7 Å². The summed E-state index contributed by atoms with van der Waals surface area (Å²) in [4.78, 5) is 0. The van der Waals surface area contributed by atoms with E-state index >= 15 is 0 Å². The third-order valence-corrected chi connectivity index (χ3v) is 3.71. The lowest BCUT2D eigenvalue weighted by Gasteiger charge is -2.22. The van der Waals surface area contributed by atoms with E-state index in [0.29, 0.717) is 31.4 Å². The minimum absolute atomic E-state index is 0.273. The number of aromatic hydroxyl groups is 3. The predicted molar refractivity (Wildman–Crippen MR) is 76.0 cm³/mol. The Labute approximate surface area is 119 Å². The van der Waals surface area contributed by atoms with Crippen LogP contribution in [-0.4, -0.2) is 34.6 Å². The van der Waals surface area contributed by atoms with Crippen LogP contribution in [0.3, 0.4) is 0 Å². The van der Waals surface area contributed by atoms with Crippen LogP contribution in [0, 0.1) is 0 Å². The zero-order chi connectivity index (χ0) is 14.4. The molecule has 0 aliphatic heterocycles. The van der Waals surface area contributed by atoms with Crippen LogP contribution in [0.1, 0.15) is 37.7 Å². The van der Waals surface area contributed by atoms with Gasteiger partial charge in [-0.25, -0.2) is 0 Å². The second kappa shape index (κ2) is 7.36. The van der Waals surface area contributed by atoms with Crippen LogP contribution in [-0.2, 0) is 11.3 Å². The van der Waals surface area contributed by atoms with Crippen molar-refractivity contribution in [1.82, 2.24) is 5.32 Å². The zero-order valence-corrected chi connectivity index (χ0v) is 11.6. The van der Waals surface area contributed by atoms with Crippen molar-refractivity contribution >= 4 is 0 Å². The van der Waals surface area contributed by atoms with Gasteiger partial charge < -0.3 is 25.4 Å². The molecule has 4 N–H and O–H groups in total. The van der Waals surface area contributed by atoms with Gasteiger partial charge in [-0.3, -0.25) is 0 Å². The zero-order valence-electron chi connectivity index (χ0n) is 11.6. The summed E-state index contributed by atoms with van der Waals surface area (Å²) in [6.45, 7) is 1.76. The monoisotopic (exact) mass is 281 g/mol. The molecule has 0 aromatic heterocycles. The van der Waals surface area contributed by atoms with E-state index in [9.17, 15) is 15.3 Å². The topological polar surface area (TPSA) is 82.0 Å². The summed E-state index contributed by atoms with van der Waals surface area (Å²) >= 11 is 0. The first kappa shape index (κ1) is 14.9. The minimum Gasteiger partial charge on any atom is -0.504 e. The summed E-state index contributed by atoms with van der Waals surface area (Å²) in [6, 6.07) is 2.95. The van der Waals surface area contributed by atoms with Crippen LogP contribution in [0.2, 0.25) is 0 Å². The number of phenols is 3. The predicted octanol–water partition coefficient (Wildman–Crippen LogP) is 2.24. The van der Waals surface area contributed by atoms with Crippen LogP contribution < -0.4 is 5.32 Å². The number of benzene rings is 1. The van der Waals surface area contributed by atoms with Gasteiger partial charge in [0.2, 0.25) is 5.75 Å². The molecule has 0 bridgehead atoms. The van der Waals surface area contributed by atoms with Crippen LogP contribution in [0.4, 0.5) is 0 Å². The Morgan fingerprint density at radius 1 is 1.05 bits per heavy atom. The minimum atomic E-state index is -0.470. The fraction of sp³-hybridized carbons (Fsp3) is 0.600. The van der Waals surface area contributed by atoms with E-state index < -0.39 is 5.75 Å². The van der Waals surface area contributed by atoms with E-state index in [1.165, 1.54) is 25.3 Å². The number of nitrogens with one attached hydrogen (secondary N) is 1. The second-order valence-electron chi connectivity index (χ2n) is 5.25. The summed E-state index contributed by atoms with van der Waals surface area (Å²) in [6.07, 6.45) is 6.56. The van der Waals surface area contributed by atoms with Gasteiger partial charge >= 0.3 is 0 Å². The Morgan fingerprint density at radius 3 is 2.55 bits per heavy atom. The second-order valence-corrected chi connectivity index (χ2v) is 5.25. The average molecular weight is 281 g/mol. The largest absolute Gasteiger partial charge is 0.504 e. The molecule has 2 rings (SSSR count). The van der Waals surface area contributed by atoms with Crippen LogP contribution in [0.15, 0.2) is 12.1 Å². The lowest BCUT2D eigenvalue weighted by Crippen LogP contribution is -2.24. The summed E-state index contributed by atoms with van der Waals surface area (Å²) in [5.74, 6) is -1.06. The van der Waals surface area contributed by atoms with Gasteiger partial charge in [-0.05, 0) is 18.9 Å². The SMILES string of the molecule is Oc1ccc(CNCCOC2CCCCC2)c(O)c1O. The highest BCUT2D eigenvalue weighted by molar-refractivity contribution is 5.52. The quantitative estimate of drug-likeness (QED) is 0.475. The van der Waals surface area contributed by atoms with Crippen molar-refractivity contribution < 1.29 is 20.1 Å².